The summed E-state index contributed by atoms with van der Waals surface area (Å²) in [6, 6.07) is 4.32. The lowest BCUT2D eigenvalue weighted by atomic mass is 10.0. The molecule has 0 aliphatic rings. The van der Waals surface area contributed by atoms with E-state index in [1.54, 1.807) is 26.0 Å². The third-order valence-electron chi connectivity index (χ3n) is 3.15. The van der Waals surface area contributed by atoms with Gasteiger partial charge in [0.15, 0.2) is 0 Å². The highest BCUT2D eigenvalue weighted by Gasteiger charge is 2.44. The Morgan fingerprint density at radius 1 is 1.33 bits per heavy atom. The second kappa shape index (κ2) is 8.89. The fourth-order valence-corrected chi connectivity index (χ4v) is 2.82. The van der Waals surface area contributed by atoms with Crippen LogP contribution in [0.2, 0.25) is 0 Å². The van der Waals surface area contributed by atoms with Crippen molar-refractivity contribution in [2.24, 2.45) is 0 Å². The van der Waals surface area contributed by atoms with Crippen molar-refractivity contribution in [2.75, 3.05) is 13.6 Å². The number of aryl methyl sites for hydroxylation is 1. The normalized spacial score (nSPS) is 13.3. The molecular formula is C16H20F3N3OS. The molecule has 0 spiro atoms. The molecule has 0 aromatic heterocycles. The van der Waals surface area contributed by atoms with Crippen LogP contribution in [0.25, 0.3) is 0 Å². The summed E-state index contributed by atoms with van der Waals surface area (Å²) in [7, 11) is 1.43. The molecule has 0 aliphatic carbocycles. The topological polar surface area (TPSA) is 56.2 Å². The van der Waals surface area contributed by atoms with Gasteiger partial charge in [0, 0.05) is 19.7 Å². The van der Waals surface area contributed by atoms with E-state index in [0.29, 0.717) is 11.9 Å². The third-order valence-corrected chi connectivity index (χ3v) is 4.19. The first-order valence-corrected chi connectivity index (χ1v) is 8.02. The van der Waals surface area contributed by atoms with Gasteiger partial charge < -0.3 is 5.32 Å². The Bertz CT molecular complexity index is 600. The molecule has 1 aromatic carbocycles. The van der Waals surface area contributed by atoms with Crippen molar-refractivity contribution < 1.29 is 18.0 Å². The molecule has 0 heterocycles. The number of hydrogen-bond acceptors (Lipinski definition) is 4. The van der Waals surface area contributed by atoms with Crippen LogP contribution in [0.3, 0.4) is 0 Å². The van der Waals surface area contributed by atoms with Gasteiger partial charge in [-0.15, -0.1) is 0 Å². The molecule has 0 fully saturated rings. The number of amides is 1. The first kappa shape index (κ1) is 20.2. The molecule has 1 atom stereocenters. The number of rotatable bonds is 6. The lowest BCUT2D eigenvalue weighted by molar-refractivity contribution is -0.171. The Morgan fingerprint density at radius 2 is 1.92 bits per heavy atom. The van der Waals surface area contributed by atoms with Crippen LogP contribution in [-0.4, -0.2) is 35.0 Å². The fourth-order valence-electron chi connectivity index (χ4n) is 1.96. The maximum atomic E-state index is 13.6. The first-order chi connectivity index (χ1) is 11.2. The largest absolute Gasteiger partial charge is 0.408 e. The number of carbonyl (C=O) groups excluding carboxylic acids is 1. The standard InChI is InChI=1S/C16H20F3N3OS/c1-4-22(24-13(20)9-10-14(23)21-3)15(16(17,18)19)12-7-5-11(2)6-8-12/h5-10,15,20H,4H2,1-3H3,(H,21,23)/b10-9-,20-13?. The van der Waals surface area contributed by atoms with Crippen LogP contribution in [0.5, 0.6) is 0 Å². The summed E-state index contributed by atoms with van der Waals surface area (Å²) >= 11 is 0.661. The monoisotopic (exact) mass is 359 g/mol. The molecule has 0 saturated heterocycles. The number of likely N-dealkylation sites (N-methyl/N-ethyl adjacent to an activating group) is 1. The van der Waals surface area contributed by atoms with E-state index in [4.69, 9.17) is 5.41 Å². The highest BCUT2D eigenvalue weighted by Crippen LogP contribution is 2.41. The number of nitrogens with zero attached hydrogens (tertiary/aromatic N) is 1. The number of halogens is 3. The number of carbonyl (C=O) groups is 1. The molecule has 1 rings (SSSR count). The maximum Gasteiger partial charge on any atom is 0.408 e. The highest BCUT2D eigenvalue weighted by atomic mass is 32.2. The molecule has 1 unspecified atom stereocenters. The number of hydrogen-bond donors (Lipinski definition) is 2. The van der Waals surface area contributed by atoms with Crippen LogP contribution in [0, 0.1) is 12.3 Å². The van der Waals surface area contributed by atoms with Gasteiger partial charge in [-0.3, -0.25) is 10.2 Å². The van der Waals surface area contributed by atoms with Crippen LogP contribution in [0.15, 0.2) is 36.4 Å². The molecule has 132 valence electrons. The summed E-state index contributed by atoms with van der Waals surface area (Å²) in [5.74, 6) is -0.422. The van der Waals surface area contributed by atoms with Crippen molar-refractivity contribution in [3.05, 3.63) is 47.5 Å². The summed E-state index contributed by atoms with van der Waals surface area (Å²) in [4.78, 5) is 11.1. The van der Waals surface area contributed by atoms with Crippen molar-refractivity contribution in [1.82, 2.24) is 9.62 Å². The van der Waals surface area contributed by atoms with E-state index in [0.717, 1.165) is 15.9 Å². The lowest BCUT2D eigenvalue weighted by Crippen LogP contribution is -2.35. The summed E-state index contributed by atoms with van der Waals surface area (Å²) in [6.07, 6.45) is -2.20. The van der Waals surface area contributed by atoms with Gasteiger partial charge in [-0.05, 0) is 30.5 Å². The molecule has 0 aliphatic heterocycles. The van der Waals surface area contributed by atoms with Crippen LogP contribution < -0.4 is 5.32 Å². The van der Waals surface area contributed by atoms with Crippen molar-refractivity contribution >= 4 is 22.9 Å². The third kappa shape index (κ3) is 6.01. The van der Waals surface area contributed by atoms with Crippen molar-refractivity contribution in [2.45, 2.75) is 26.1 Å². The minimum Gasteiger partial charge on any atom is -0.356 e. The molecule has 24 heavy (non-hydrogen) atoms. The Balaban J connectivity index is 3.02. The molecule has 4 nitrogen and oxygen atoms in total. The van der Waals surface area contributed by atoms with E-state index >= 15 is 0 Å². The maximum absolute atomic E-state index is 13.6. The lowest BCUT2D eigenvalue weighted by Gasteiger charge is -2.31. The van der Waals surface area contributed by atoms with Crippen molar-refractivity contribution in [3.63, 3.8) is 0 Å². The predicted octanol–water partition coefficient (Wildman–Crippen LogP) is 3.85. The first-order valence-electron chi connectivity index (χ1n) is 7.25. The second-order valence-corrected chi connectivity index (χ2v) is 6.08. The van der Waals surface area contributed by atoms with Gasteiger partial charge in [0.05, 0.1) is 0 Å². The predicted molar refractivity (Wildman–Crippen MR) is 90.9 cm³/mol. The summed E-state index contributed by atoms with van der Waals surface area (Å²) < 4.78 is 41.7. The van der Waals surface area contributed by atoms with Gasteiger partial charge >= 0.3 is 6.18 Å². The minimum atomic E-state index is -4.48. The Labute approximate surface area is 143 Å². The smallest absolute Gasteiger partial charge is 0.356 e. The summed E-state index contributed by atoms with van der Waals surface area (Å²) in [5, 5.41) is 9.96. The van der Waals surface area contributed by atoms with Crippen LogP contribution in [-0.2, 0) is 4.79 Å². The zero-order valence-electron chi connectivity index (χ0n) is 13.6. The van der Waals surface area contributed by atoms with Crippen LogP contribution in [0.1, 0.15) is 24.1 Å². The highest BCUT2D eigenvalue weighted by molar-refractivity contribution is 8.12. The number of benzene rings is 1. The van der Waals surface area contributed by atoms with Gasteiger partial charge in [0.25, 0.3) is 0 Å². The van der Waals surface area contributed by atoms with Crippen LogP contribution in [0.4, 0.5) is 13.2 Å². The Kier molecular flexibility index (Phi) is 7.50. The van der Waals surface area contributed by atoms with Crippen molar-refractivity contribution in [3.8, 4) is 0 Å². The average molecular weight is 359 g/mol. The molecule has 0 radical (unpaired) electrons. The molecule has 1 aromatic rings. The van der Waals surface area contributed by atoms with E-state index in [1.807, 2.05) is 0 Å². The molecular weight excluding hydrogens is 339 g/mol. The van der Waals surface area contributed by atoms with Gasteiger partial charge in [0.2, 0.25) is 5.91 Å². The Morgan fingerprint density at radius 3 is 2.38 bits per heavy atom. The van der Waals surface area contributed by atoms with E-state index in [9.17, 15) is 18.0 Å². The molecule has 2 N–H and O–H groups in total. The number of alkyl halides is 3. The fraction of sp³-hybridized carbons (Fsp3) is 0.375. The van der Waals surface area contributed by atoms with E-state index in [-0.39, 0.29) is 17.2 Å². The van der Waals surface area contributed by atoms with E-state index in [1.165, 1.54) is 25.3 Å². The van der Waals surface area contributed by atoms with Gasteiger partial charge in [0.1, 0.15) is 11.1 Å². The second-order valence-electron chi connectivity index (χ2n) is 4.99. The minimum absolute atomic E-state index is 0.0823. The SMILES string of the molecule is CCN(SC(=N)/C=C\C(=O)NC)C(c1ccc(C)cc1)C(F)(F)F. The molecule has 0 bridgehead atoms. The van der Waals surface area contributed by atoms with E-state index < -0.39 is 18.1 Å². The molecule has 0 saturated carbocycles. The van der Waals surface area contributed by atoms with Gasteiger partial charge in [-0.2, -0.15) is 13.2 Å². The molecule has 1 amide bonds. The molecule has 8 heteroatoms. The summed E-state index contributed by atoms with van der Waals surface area (Å²) in [6.45, 7) is 3.48. The average Bonchev–Trinajstić information content (AvgIpc) is 2.52. The van der Waals surface area contributed by atoms with Gasteiger partial charge in [-0.1, -0.05) is 36.8 Å². The quantitative estimate of drug-likeness (QED) is 0.351. The van der Waals surface area contributed by atoms with E-state index in [2.05, 4.69) is 5.32 Å². The van der Waals surface area contributed by atoms with Crippen LogP contribution >= 0.6 is 11.9 Å². The van der Waals surface area contributed by atoms with Gasteiger partial charge in [-0.25, -0.2) is 4.31 Å². The zero-order chi connectivity index (χ0) is 18.3. The van der Waals surface area contributed by atoms with Crippen molar-refractivity contribution in [1.29, 1.82) is 5.41 Å². The zero-order valence-corrected chi connectivity index (χ0v) is 14.5. The Hall–Kier alpha value is -1.80. The summed E-state index contributed by atoms with van der Waals surface area (Å²) in [5.41, 5.74) is 0.988. The number of nitrogens with one attached hydrogen (secondary N) is 2.